The lowest BCUT2D eigenvalue weighted by atomic mass is 9.98. The Morgan fingerprint density at radius 1 is 1.17 bits per heavy atom. The van der Waals surface area contributed by atoms with Gasteiger partial charge >= 0.3 is 0 Å². The molecular formula is C22H22N6OS. The molecule has 2 aromatic heterocycles. The number of aromatic nitrogens is 5. The maximum Gasteiger partial charge on any atom is 0.246 e. The van der Waals surface area contributed by atoms with Crippen LogP contribution in [0.3, 0.4) is 0 Å². The summed E-state index contributed by atoms with van der Waals surface area (Å²) in [6.07, 6.45) is 2.04. The third kappa shape index (κ3) is 3.70. The number of benzene rings is 2. The van der Waals surface area contributed by atoms with Crippen molar-refractivity contribution >= 4 is 27.5 Å². The van der Waals surface area contributed by atoms with Gasteiger partial charge in [-0.1, -0.05) is 36.4 Å². The largest absolute Gasteiger partial charge is 0.340 e. The average Bonchev–Trinajstić information content (AvgIpc) is 3.41. The van der Waals surface area contributed by atoms with Crippen LogP contribution in [-0.4, -0.2) is 49.1 Å². The third-order valence-corrected chi connectivity index (χ3v) is 6.75. The van der Waals surface area contributed by atoms with E-state index in [0.29, 0.717) is 12.4 Å². The number of aryl methyl sites for hydroxylation is 1. The molecule has 1 fully saturated rings. The number of likely N-dealkylation sites (tertiary alicyclic amines) is 1. The SMILES string of the molecule is Cc1ccccc1-c1nnn(CC(=O)N2CCC[C@H](c3nc4ccccc4s3)C2)n1. The normalized spacial score (nSPS) is 16.8. The number of hydrogen-bond donors (Lipinski definition) is 0. The van der Waals surface area contributed by atoms with Crippen molar-refractivity contribution in [2.24, 2.45) is 0 Å². The van der Waals surface area contributed by atoms with Crippen LogP contribution in [0.5, 0.6) is 0 Å². The Morgan fingerprint density at radius 2 is 2.00 bits per heavy atom. The second-order valence-electron chi connectivity index (χ2n) is 7.66. The van der Waals surface area contributed by atoms with Gasteiger partial charge in [0.15, 0.2) is 0 Å². The van der Waals surface area contributed by atoms with Crippen LogP contribution in [0.1, 0.15) is 29.3 Å². The van der Waals surface area contributed by atoms with Crippen LogP contribution in [-0.2, 0) is 11.3 Å². The van der Waals surface area contributed by atoms with Crippen molar-refractivity contribution in [3.8, 4) is 11.4 Å². The van der Waals surface area contributed by atoms with Crippen LogP contribution < -0.4 is 0 Å². The first kappa shape index (κ1) is 18.9. The van der Waals surface area contributed by atoms with Crippen molar-refractivity contribution in [1.29, 1.82) is 0 Å². The maximum absolute atomic E-state index is 12.9. The summed E-state index contributed by atoms with van der Waals surface area (Å²) in [7, 11) is 0. The highest BCUT2D eigenvalue weighted by Gasteiger charge is 2.27. The molecule has 4 aromatic rings. The molecule has 152 valence electrons. The second-order valence-corrected chi connectivity index (χ2v) is 8.72. The number of rotatable bonds is 4. The lowest BCUT2D eigenvalue weighted by molar-refractivity contribution is -0.133. The molecule has 30 heavy (non-hydrogen) atoms. The van der Waals surface area contributed by atoms with Gasteiger partial charge in [-0.2, -0.15) is 4.80 Å². The first-order valence-electron chi connectivity index (χ1n) is 10.1. The van der Waals surface area contributed by atoms with E-state index in [1.807, 2.05) is 54.3 Å². The van der Waals surface area contributed by atoms with Crippen molar-refractivity contribution in [2.75, 3.05) is 13.1 Å². The van der Waals surface area contributed by atoms with Gasteiger partial charge in [-0.15, -0.1) is 21.5 Å². The molecule has 1 aliphatic heterocycles. The monoisotopic (exact) mass is 418 g/mol. The van der Waals surface area contributed by atoms with Gasteiger partial charge in [0.2, 0.25) is 11.7 Å². The number of fused-ring (bicyclic) bond motifs is 1. The number of tetrazole rings is 1. The first-order chi connectivity index (χ1) is 14.7. The highest BCUT2D eigenvalue weighted by Crippen LogP contribution is 2.33. The summed E-state index contributed by atoms with van der Waals surface area (Å²) in [5.41, 5.74) is 3.06. The minimum Gasteiger partial charge on any atom is -0.340 e. The standard InChI is InChI=1S/C22H22N6OS/c1-15-7-2-3-9-17(15)21-24-26-28(25-21)14-20(29)27-12-6-8-16(13-27)22-23-18-10-4-5-11-19(18)30-22/h2-5,7,9-11,16H,6,8,12-14H2,1H3/t16-/m0/s1. The van der Waals surface area contributed by atoms with Gasteiger partial charge < -0.3 is 4.90 Å². The highest BCUT2D eigenvalue weighted by molar-refractivity contribution is 7.18. The van der Waals surface area contributed by atoms with Gasteiger partial charge in [0, 0.05) is 24.6 Å². The molecule has 0 bridgehead atoms. The maximum atomic E-state index is 12.9. The molecule has 0 saturated carbocycles. The number of para-hydroxylation sites is 1. The molecule has 1 saturated heterocycles. The molecule has 3 heterocycles. The van der Waals surface area contributed by atoms with Crippen LogP contribution >= 0.6 is 11.3 Å². The number of hydrogen-bond acceptors (Lipinski definition) is 6. The molecule has 1 aliphatic rings. The molecule has 0 spiro atoms. The highest BCUT2D eigenvalue weighted by atomic mass is 32.1. The van der Waals surface area contributed by atoms with E-state index in [9.17, 15) is 4.79 Å². The molecule has 5 rings (SSSR count). The summed E-state index contributed by atoms with van der Waals surface area (Å²) in [5.74, 6) is 0.854. The predicted molar refractivity (Wildman–Crippen MR) is 116 cm³/mol. The molecular weight excluding hydrogens is 396 g/mol. The zero-order valence-corrected chi connectivity index (χ0v) is 17.5. The van der Waals surface area contributed by atoms with E-state index in [-0.39, 0.29) is 18.4 Å². The van der Waals surface area contributed by atoms with Gasteiger partial charge in [-0.05, 0) is 42.7 Å². The number of thiazole rings is 1. The van der Waals surface area contributed by atoms with E-state index >= 15 is 0 Å². The summed E-state index contributed by atoms with van der Waals surface area (Å²) in [4.78, 5) is 21.0. The molecule has 1 amide bonds. The number of carbonyl (C=O) groups excluding carboxylic acids is 1. The number of piperidine rings is 1. The Balaban J connectivity index is 1.28. The van der Waals surface area contributed by atoms with Crippen LogP contribution in [0.15, 0.2) is 48.5 Å². The fourth-order valence-electron chi connectivity index (χ4n) is 3.93. The minimum atomic E-state index is 0.0227. The Labute approximate surface area is 178 Å². The molecule has 7 nitrogen and oxygen atoms in total. The quantitative estimate of drug-likeness (QED) is 0.505. The van der Waals surface area contributed by atoms with Crippen molar-refractivity contribution in [3.05, 3.63) is 59.1 Å². The van der Waals surface area contributed by atoms with Crippen LogP contribution in [0, 0.1) is 6.92 Å². The average molecular weight is 419 g/mol. The molecule has 8 heteroatoms. The van der Waals surface area contributed by atoms with E-state index in [4.69, 9.17) is 4.98 Å². The third-order valence-electron chi connectivity index (χ3n) is 5.55. The Hall–Kier alpha value is -3.13. The zero-order valence-electron chi connectivity index (χ0n) is 16.7. The molecule has 0 N–H and O–H groups in total. The van der Waals surface area contributed by atoms with E-state index in [1.54, 1.807) is 11.3 Å². The van der Waals surface area contributed by atoms with Crippen molar-refractivity contribution in [2.45, 2.75) is 32.2 Å². The van der Waals surface area contributed by atoms with Crippen molar-refractivity contribution in [3.63, 3.8) is 0 Å². The summed E-state index contributed by atoms with van der Waals surface area (Å²) < 4.78 is 1.20. The Bertz CT molecular complexity index is 1170. The lowest BCUT2D eigenvalue weighted by Gasteiger charge is -2.31. The summed E-state index contributed by atoms with van der Waals surface area (Å²) in [5, 5.41) is 13.8. The molecule has 1 atom stereocenters. The van der Waals surface area contributed by atoms with E-state index in [0.717, 1.165) is 41.0 Å². The molecule has 0 unspecified atom stereocenters. The zero-order chi connectivity index (χ0) is 20.5. The van der Waals surface area contributed by atoms with Crippen molar-refractivity contribution in [1.82, 2.24) is 30.1 Å². The van der Waals surface area contributed by atoms with Gasteiger partial charge in [0.25, 0.3) is 0 Å². The van der Waals surface area contributed by atoms with Gasteiger partial charge in [0.1, 0.15) is 6.54 Å². The summed E-state index contributed by atoms with van der Waals surface area (Å²) >= 11 is 1.73. The first-order valence-corrected chi connectivity index (χ1v) is 11.0. The number of nitrogens with zero attached hydrogens (tertiary/aromatic N) is 6. The van der Waals surface area contributed by atoms with Gasteiger partial charge in [-0.25, -0.2) is 4.98 Å². The van der Waals surface area contributed by atoms with E-state index in [1.165, 1.54) is 9.50 Å². The number of amides is 1. The predicted octanol–water partition coefficient (Wildman–Crippen LogP) is 3.66. The van der Waals surface area contributed by atoms with Crippen LogP contribution in [0.25, 0.3) is 21.6 Å². The summed E-state index contributed by atoms with van der Waals surface area (Å²) in [6.45, 7) is 3.57. The lowest BCUT2D eigenvalue weighted by Crippen LogP contribution is -2.41. The van der Waals surface area contributed by atoms with Gasteiger partial charge in [0.05, 0.1) is 15.2 Å². The number of carbonyl (C=O) groups is 1. The fourth-order valence-corrected chi connectivity index (χ4v) is 5.03. The smallest absolute Gasteiger partial charge is 0.246 e. The van der Waals surface area contributed by atoms with E-state index < -0.39 is 0 Å². The summed E-state index contributed by atoms with van der Waals surface area (Å²) in [6, 6.07) is 16.1. The van der Waals surface area contributed by atoms with Crippen molar-refractivity contribution < 1.29 is 4.79 Å². The molecule has 0 radical (unpaired) electrons. The van der Waals surface area contributed by atoms with Crippen LogP contribution in [0.2, 0.25) is 0 Å². The van der Waals surface area contributed by atoms with Crippen LogP contribution in [0.4, 0.5) is 0 Å². The minimum absolute atomic E-state index is 0.0227. The fraction of sp³-hybridized carbons (Fsp3) is 0.318. The Kier molecular flexibility index (Phi) is 5.00. The molecule has 0 aliphatic carbocycles. The molecule has 2 aromatic carbocycles. The van der Waals surface area contributed by atoms with Gasteiger partial charge in [-0.3, -0.25) is 4.79 Å². The van der Waals surface area contributed by atoms with E-state index in [2.05, 4.69) is 21.5 Å². The second kappa shape index (κ2) is 7.95. The topological polar surface area (TPSA) is 76.8 Å². The Morgan fingerprint density at radius 3 is 2.87 bits per heavy atom.